The predicted molar refractivity (Wildman–Crippen MR) is 103 cm³/mol. The van der Waals surface area contributed by atoms with Gasteiger partial charge in [-0.25, -0.2) is 4.79 Å². The maximum atomic E-state index is 12.7. The molecule has 0 aliphatic rings. The number of carbonyl (C=O) groups is 2. The molecule has 1 N–H and O–H groups in total. The summed E-state index contributed by atoms with van der Waals surface area (Å²) in [6.07, 6.45) is 0.706. The summed E-state index contributed by atoms with van der Waals surface area (Å²) >= 11 is 1.41. The van der Waals surface area contributed by atoms with Gasteiger partial charge in [0.15, 0.2) is 0 Å². The third kappa shape index (κ3) is 4.69. The Morgan fingerprint density at radius 2 is 1.72 bits per heavy atom. The van der Waals surface area contributed by atoms with E-state index in [1.54, 1.807) is 12.1 Å². The molecule has 0 saturated carbocycles. The van der Waals surface area contributed by atoms with Crippen molar-refractivity contribution in [1.82, 2.24) is 0 Å². The number of amides is 1. The van der Waals surface area contributed by atoms with E-state index in [1.807, 2.05) is 53.7 Å². The predicted octanol–water partition coefficient (Wildman–Crippen LogP) is 5.13. The zero-order valence-corrected chi connectivity index (χ0v) is 16.5. The van der Waals surface area contributed by atoms with E-state index in [-0.39, 0.29) is 5.91 Å². The van der Waals surface area contributed by atoms with Gasteiger partial charge in [0.2, 0.25) is 0 Å². The van der Waals surface area contributed by atoms with E-state index in [0.717, 1.165) is 16.0 Å². The molecule has 2 rings (SSSR count). The van der Waals surface area contributed by atoms with Gasteiger partial charge in [-0.05, 0) is 58.7 Å². The zero-order valence-electron chi connectivity index (χ0n) is 15.6. The molecule has 0 bridgehead atoms. The molecule has 0 unspecified atom stereocenters. The van der Waals surface area contributed by atoms with E-state index in [4.69, 9.17) is 4.74 Å². The van der Waals surface area contributed by atoms with Crippen molar-refractivity contribution in [3.8, 4) is 0 Å². The average molecular weight is 359 g/mol. The van der Waals surface area contributed by atoms with Gasteiger partial charge >= 0.3 is 5.97 Å². The second-order valence-corrected chi connectivity index (χ2v) is 8.24. The van der Waals surface area contributed by atoms with Crippen LogP contribution in [0.2, 0.25) is 0 Å². The third-order valence-corrected chi connectivity index (χ3v) is 4.77. The molecule has 1 aromatic carbocycles. The SMILES string of the molecule is CCc1c(C)sc(NC(=O)c2ccc(C)cc2)c1C(=O)OC(C)(C)C. The van der Waals surface area contributed by atoms with Crippen molar-refractivity contribution >= 4 is 28.2 Å². The molecule has 0 radical (unpaired) electrons. The second kappa shape index (κ2) is 7.40. The Morgan fingerprint density at radius 1 is 1.12 bits per heavy atom. The van der Waals surface area contributed by atoms with Crippen molar-refractivity contribution in [2.75, 3.05) is 5.32 Å². The third-order valence-electron chi connectivity index (χ3n) is 3.71. The fourth-order valence-electron chi connectivity index (χ4n) is 2.52. The van der Waals surface area contributed by atoms with Crippen molar-refractivity contribution in [1.29, 1.82) is 0 Å². The number of ether oxygens (including phenoxy) is 1. The van der Waals surface area contributed by atoms with E-state index in [2.05, 4.69) is 5.32 Å². The molecule has 0 aliphatic heterocycles. The highest BCUT2D eigenvalue weighted by atomic mass is 32.1. The van der Waals surface area contributed by atoms with Crippen LogP contribution in [-0.2, 0) is 11.2 Å². The van der Waals surface area contributed by atoms with Crippen LogP contribution in [0.1, 0.15) is 64.4 Å². The number of nitrogens with one attached hydrogen (secondary N) is 1. The molecule has 0 aliphatic carbocycles. The summed E-state index contributed by atoms with van der Waals surface area (Å²) in [5.74, 6) is -0.624. The molecular weight excluding hydrogens is 334 g/mol. The summed E-state index contributed by atoms with van der Waals surface area (Å²) in [7, 11) is 0. The lowest BCUT2D eigenvalue weighted by Crippen LogP contribution is -2.25. The van der Waals surface area contributed by atoms with Gasteiger partial charge in [0.1, 0.15) is 10.6 Å². The molecule has 0 fully saturated rings. The lowest BCUT2D eigenvalue weighted by molar-refractivity contribution is 0.00701. The highest BCUT2D eigenvalue weighted by molar-refractivity contribution is 7.16. The van der Waals surface area contributed by atoms with Gasteiger partial charge in [0.05, 0.1) is 5.56 Å². The van der Waals surface area contributed by atoms with Crippen molar-refractivity contribution in [3.05, 3.63) is 51.4 Å². The number of aryl methyl sites for hydroxylation is 2. The highest BCUT2D eigenvalue weighted by Gasteiger charge is 2.27. The first-order chi connectivity index (χ1) is 11.6. The molecule has 1 heterocycles. The van der Waals surface area contributed by atoms with Crippen LogP contribution in [0.25, 0.3) is 0 Å². The smallest absolute Gasteiger partial charge is 0.341 e. The van der Waals surface area contributed by atoms with Crippen LogP contribution in [-0.4, -0.2) is 17.5 Å². The van der Waals surface area contributed by atoms with Crippen LogP contribution < -0.4 is 5.32 Å². The summed E-state index contributed by atoms with van der Waals surface area (Å²) < 4.78 is 5.54. The van der Waals surface area contributed by atoms with Gasteiger partial charge in [-0.3, -0.25) is 4.79 Å². The minimum atomic E-state index is -0.587. The van der Waals surface area contributed by atoms with Gasteiger partial charge in [0, 0.05) is 10.4 Å². The number of thiophene rings is 1. The zero-order chi connectivity index (χ0) is 18.8. The van der Waals surface area contributed by atoms with E-state index in [9.17, 15) is 9.59 Å². The minimum absolute atomic E-state index is 0.228. The normalized spacial score (nSPS) is 11.3. The Bertz CT molecular complexity index is 783. The fourth-order valence-corrected chi connectivity index (χ4v) is 3.65. The average Bonchev–Trinajstić information content (AvgIpc) is 2.81. The summed E-state index contributed by atoms with van der Waals surface area (Å²) in [4.78, 5) is 26.2. The van der Waals surface area contributed by atoms with Gasteiger partial charge < -0.3 is 10.1 Å². The Labute approximate surface area is 153 Å². The summed E-state index contributed by atoms with van der Waals surface area (Å²) in [5.41, 5.74) is 2.46. The molecular formula is C20H25NO3S. The number of hydrogen-bond acceptors (Lipinski definition) is 4. The Hall–Kier alpha value is -2.14. The van der Waals surface area contributed by atoms with Crippen molar-refractivity contribution in [3.63, 3.8) is 0 Å². The Morgan fingerprint density at radius 3 is 2.24 bits per heavy atom. The largest absolute Gasteiger partial charge is 0.456 e. The van der Waals surface area contributed by atoms with Gasteiger partial charge in [-0.15, -0.1) is 11.3 Å². The van der Waals surface area contributed by atoms with E-state index in [1.165, 1.54) is 11.3 Å². The first-order valence-electron chi connectivity index (χ1n) is 8.36. The molecule has 1 amide bonds. The molecule has 0 spiro atoms. The second-order valence-electron chi connectivity index (χ2n) is 7.02. The topological polar surface area (TPSA) is 55.4 Å². The van der Waals surface area contributed by atoms with Crippen molar-refractivity contribution in [2.24, 2.45) is 0 Å². The quantitative estimate of drug-likeness (QED) is 0.770. The maximum Gasteiger partial charge on any atom is 0.341 e. The van der Waals surface area contributed by atoms with E-state index < -0.39 is 11.6 Å². The van der Waals surface area contributed by atoms with Crippen LogP contribution >= 0.6 is 11.3 Å². The molecule has 134 valence electrons. The van der Waals surface area contributed by atoms with Crippen LogP contribution in [0, 0.1) is 13.8 Å². The van der Waals surface area contributed by atoms with Crippen LogP contribution in [0.5, 0.6) is 0 Å². The minimum Gasteiger partial charge on any atom is -0.456 e. The van der Waals surface area contributed by atoms with Crippen LogP contribution in [0.3, 0.4) is 0 Å². The number of esters is 1. The molecule has 0 saturated heterocycles. The summed E-state index contributed by atoms with van der Waals surface area (Å²) in [6, 6.07) is 7.33. The molecule has 0 atom stereocenters. The van der Waals surface area contributed by atoms with E-state index >= 15 is 0 Å². The van der Waals surface area contributed by atoms with E-state index in [0.29, 0.717) is 22.5 Å². The summed E-state index contributed by atoms with van der Waals surface area (Å²) in [6.45, 7) is 11.4. The molecule has 2 aromatic rings. The first kappa shape index (κ1) is 19.2. The number of hydrogen-bond donors (Lipinski definition) is 1. The van der Waals surface area contributed by atoms with Gasteiger partial charge in [-0.1, -0.05) is 24.6 Å². The van der Waals surface area contributed by atoms with Crippen LogP contribution in [0.15, 0.2) is 24.3 Å². The molecule has 1 aromatic heterocycles. The van der Waals surface area contributed by atoms with Crippen LogP contribution in [0.4, 0.5) is 5.00 Å². The van der Waals surface area contributed by atoms with Gasteiger partial charge in [-0.2, -0.15) is 0 Å². The number of rotatable bonds is 4. The fraction of sp³-hybridized carbons (Fsp3) is 0.400. The lowest BCUT2D eigenvalue weighted by atomic mass is 10.1. The Balaban J connectivity index is 2.35. The lowest BCUT2D eigenvalue weighted by Gasteiger charge is -2.20. The van der Waals surface area contributed by atoms with Crippen molar-refractivity contribution < 1.29 is 14.3 Å². The Kier molecular flexibility index (Phi) is 5.68. The molecule has 25 heavy (non-hydrogen) atoms. The standard InChI is InChI=1S/C20H25NO3S/c1-7-15-13(3)25-18(16(15)19(23)24-20(4,5)6)21-17(22)14-10-8-12(2)9-11-14/h8-11H,7H2,1-6H3,(H,21,22). The number of anilines is 1. The summed E-state index contributed by atoms with van der Waals surface area (Å²) in [5, 5.41) is 3.44. The van der Waals surface area contributed by atoms with Gasteiger partial charge in [0.25, 0.3) is 5.91 Å². The first-order valence-corrected chi connectivity index (χ1v) is 9.17. The number of carbonyl (C=O) groups excluding carboxylic acids is 2. The number of benzene rings is 1. The molecule has 5 heteroatoms. The highest BCUT2D eigenvalue weighted by Crippen LogP contribution is 2.35. The van der Waals surface area contributed by atoms with Crippen molar-refractivity contribution in [2.45, 2.75) is 53.6 Å². The molecule has 4 nitrogen and oxygen atoms in total. The monoisotopic (exact) mass is 359 g/mol. The maximum absolute atomic E-state index is 12.7.